The molecule has 15 heavy (non-hydrogen) atoms. The SMILES string of the molecule is CN(CCN1CCNCC1)c1nnns1. The monoisotopic (exact) mass is 228 g/mol. The minimum atomic E-state index is 0.894. The summed E-state index contributed by atoms with van der Waals surface area (Å²) in [6.45, 7) is 6.55. The third kappa shape index (κ3) is 3.08. The quantitative estimate of drug-likeness (QED) is 0.733. The van der Waals surface area contributed by atoms with Crippen molar-refractivity contribution >= 4 is 16.7 Å². The van der Waals surface area contributed by atoms with Crippen molar-refractivity contribution in [1.82, 2.24) is 25.0 Å². The normalized spacial score (nSPS) is 17.9. The third-order valence-corrected chi connectivity index (χ3v) is 3.29. The van der Waals surface area contributed by atoms with Gasteiger partial charge in [-0.25, -0.2) is 0 Å². The molecule has 1 aromatic heterocycles. The summed E-state index contributed by atoms with van der Waals surface area (Å²) in [5, 5.41) is 11.8. The number of aromatic nitrogens is 3. The van der Waals surface area contributed by atoms with Crippen molar-refractivity contribution in [3.05, 3.63) is 0 Å². The Morgan fingerprint density at radius 3 is 2.93 bits per heavy atom. The highest BCUT2D eigenvalue weighted by molar-refractivity contribution is 7.09. The number of piperazine rings is 1. The molecule has 6 nitrogen and oxygen atoms in total. The number of rotatable bonds is 4. The largest absolute Gasteiger partial charge is 0.347 e. The number of hydrogen-bond donors (Lipinski definition) is 1. The lowest BCUT2D eigenvalue weighted by atomic mass is 10.3. The van der Waals surface area contributed by atoms with Crippen LogP contribution in [0.5, 0.6) is 0 Å². The van der Waals surface area contributed by atoms with Crippen molar-refractivity contribution in [3.8, 4) is 0 Å². The molecule has 2 heterocycles. The number of likely N-dealkylation sites (N-methyl/N-ethyl adjacent to an activating group) is 1. The third-order valence-electron chi connectivity index (χ3n) is 2.58. The second kappa shape index (κ2) is 5.34. The molecule has 1 aliphatic rings. The minimum absolute atomic E-state index is 0.894. The van der Waals surface area contributed by atoms with Crippen molar-refractivity contribution < 1.29 is 0 Å². The summed E-state index contributed by atoms with van der Waals surface area (Å²) >= 11 is 1.34. The molecule has 0 bridgehead atoms. The molecule has 0 amide bonds. The Kier molecular flexibility index (Phi) is 3.81. The summed E-state index contributed by atoms with van der Waals surface area (Å²) in [6, 6.07) is 0. The van der Waals surface area contributed by atoms with Crippen molar-refractivity contribution in [1.29, 1.82) is 0 Å². The van der Waals surface area contributed by atoms with Crippen LogP contribution in [0.1, 0.15) is 0 Å². The van der Waals surface area contributed by atoms with Gasteiger partial charge in [0.15, 0.2) is 0 Å². The van der Waals surface area contributed by atoms with E-state index >= 15 is 0 Å². The first-order valence-electron chi connectivity index (χ1n) is 5.15. The van der Waals surface area contributed by atoms with E-state index in [-0.39, 0.29) is 0 Å². The fraction of sp³-hybridized carbons (Fsp3) is 0.875. The zero-order valence-corrected chi connectivity index (χ0v) is 9.70. The lowest BCUT2D eigenvalue weighted by molar-refractivity contribution is 0.246. The van der Waals surface area contributed by atoms with Crippen LogP contribution in [-0.4, -0.2) is 66.0 Å². The molecule has 1 aromatic rings. The maximum absolute atomic E-state index is 3.93. The highest BCUT2D eigenvalue weighted by Gasteiger charge is 2.11. The molecular weight excluding hydrogens is 212 g/mol. The van der Waals surface area contributed by atoms with E-state index in [0.717, 1.165) is 44.4 Å². The Bertz CT molecular complexity index is 271. The van der Waals surface area contributed by atoms with Crippen LogP contribution < -0.4 is 10.2 Å². The van der Waals surface area contributed by atoms with E-state index in [0.29, 0.717) is 0 Å². The van der Waals surface area contributed by atoms with Gasteiger partial charge in [0, 0.05) is 57.8 Å². The van der Waals surface area contributed by atoms with Crippen molar-refractivity contribution in [2.45, 2.75) is 0 Å². The average Bonchev–Trinajstić information content (AvgIpc) is 2.81. The van der Waals surface area contributed by atoms with Crippen molar-refractivity contribution in [2.24, 2.45) is 0 Å². The molecular formula is C8H16N6S. The van der Waals surface area contributed by atoms with Crippen LogP contribution in [0.2, 0.25) is 0 Å². The molecule has 0 saturated carbocycles. The van der Waals surface area contributed by atoms with Gasteiger partial charge in [-0.3, -0.25) is 4.90 Å². The number of nitrogens with one attached hydrogen (secondary N) is 1. The lowest BCUT2D eigenvalue weighted by Gasteiger charge is -2.28. The van der Waals surface area contributed by atoms with E-state index in [2.05, 4.69) is 29.9 Å². The highest BCUT2D eigenvalue weighted by Crippen LogP contribution is 2.10. The summed E-state index contributed by atoms with van der Waals surface area (Å²) in [5.74, 6) is 0. The van der Waals surface area contributed by atoms with Gasteiger partial charge in [0.25, 0.3) is 0 Å². The van der Waals surface area contributed by atoms with Gasteiger partial charge in [-0.15, -0.1) is 0 Å². The predicted octanol–water partition coefficient (Wildman–Crippen LogP) is -0.725. The Balaban J connectivity index is 1.73. The standard InChI is InChI=1S/C8H16N6S/c1-13(8-10-11-12-15-8)6-7-14-4-2-9-3-5-14/h9H,2-7H2,1H3. The van der Waals surface area contributed by atoms with Crippen LogP contribution in [0.4, 0.5) is 5.13 Å². The molecule has 0 spiro atoms. The minimum Gasteiger partial charge on any atom is -0.347 e. The maximum atomic E-state index is 3.93. The molecule has 0 atom stereocenters. The summed E-state index contributed by atoms with van der Waals surface area (Å²) in [6.07, 6.45) is 0. The van der Waals surface area contributed by atoms with E-state index in [9.17, 15) is 0 Å². The summed E-state index contributed by atoms with van der Waals surface area (Å²) < 4.78 is 3.75. The van der Waals surface area contributed by atoms with Crippen molar-refractivity contribution in [3.63, 3.8) is 0 Å². The van der Waals surface area contributed by atoms with Gasteiger partial charge in [0.1, 0.15) is 0 Å². The Morgan fingerprint density at radius 2 is 2.27 bits per heavy atom. The predicted molar refractivity (Wildman–Crippen MR) is 60.3 cm³/mol. The number of hydrogen-bond acceptors (Lipinski definition) is 7. The molecule has 0 unspecified atom stereocenters. The smallest absolute Gasteiger partial charge is 0.227 e. The van der Waals surface area contributed by atoms with Crippen LogP contribution in [0, 0.1) is 0 Å². The fourth-order valence-electron chi connectivity index (χ4n) is 1.60. The van der Waals surface area contributed by atoms with Crippen LogP contribution in [0.25, 0.3) is 0 Å². The second-order valence-corrected chi connectivity index (χ2v) is 4.37. The van der Waals surface area contributed by atoms with Gasteiger partial charge in [-0.2, -0.15) is 0 Å². The van der Waals surface area contributed by atoms with Gasteiger partial charge < -0.3 is 10.2 Å². The first-order chi connectivity index (χ1) is 7.36. The molecule has 7 heteroatoms. The molecule has 84 valence electrons. The van der Waals surface area contributed by atoms with E-state index in [1.165, 1.54) is 11.5 Å². The number of nitrogens with zero attached hydrogens (tertiary/aromatic N) is 5. The van der Waals surface area contributed by atoms with Crippen LogP contribution in [-0.2, 0) is 0 Å². The molecule has 1 aliphatic heterocycles. The van der Waals surface area contributed by atoms with E-state index in [1.807, 2.05) is 7.05 Å². The number of anilines is 1. The lowest BCUT2D eigenvalue weighted by Crippen LogP contribution is -2.46. The molecule has 0 aromatic carbocycles. The molecule has 1 saturated heterocycles. The Morgan fingerprint density at radius 1 is 1.47 bits per heavy atom. The summed E-state index contributed by atoms with van der Waals surface area (Å²) in [5.41, 5.74) is 0. The van der Waals surface area contributed by atoms with Gasteiger partial charge in [-0.05, 0) is 5.21 Å². The van der Waals surface area contributed by atoms with E-state index in [1.54, 1.807) is 0 Å². The molecule has 2 rings (SSSR count). The molecule has 1 N–H and O–H groups in total. The van der Waals surface area contributed by atoms with Crippen molar-refractivity contribution in [2.75, 3.05) is 51.2 Å². The van der Waals surface area contributed by atoms with Gasteiger partial charge in [-0.1, -0.05) is 9.59 Å². The first-order valence-corrected chi connectivity index (χ1v) is 5.93. The highest BCUT2D eigenvalue weighted by atomic mass is 32.1. The van der Waals surface area contributed by atoms with E-state index < -0.39 is 0 Å². The van der Waals surface area contributed by atoms with Crippen LogP contribution in [0.15, 0.2) is 0 Å². The zero-order chi connectivity index (χ0) is 10.5. The summed E-state index contributed by atoms with van der Waals surface area (Å²) in [4.78, 5) is 4.56. The zero-order valence-electron chi connectivity index (χ0n) is 8.89. The Hall–Kier alpha value is -0.790. The van der Waals surface area contributed by atoms with Crippen LogP contribution >= 0.6 is 11.5 Å². The van der Waals surface area contributed by atoms with E-state index in [4.69, 9.17) is 0 Å². The summed E-state index contributed by atoms with van der Waals surface area (Å²) in [7, 11) is 2.03. The second-order valence-electron chi connectivity index (χ2n) is 3.66. The first kappa shape index (κ1) is 10.7. The topological polar surface area (TPSA) is 57.2 Å². The molecule has 0 radical (unpaired) electrons. The molecule has 1 fully saturated rings. The van der Waals surface area contributed by atoms with Gasteiger partial charge in [0.2, 0.25) is 5.13 Å². The van der Waals surface area contributed by atoms with Gasteiger partial charge in [0.05, 0.1) is 0 Å². The Labute approximate surface area is 93.4 Å². The van der Waals surface area contributed by atoms with Gasteiger partial charge >= 0.3 is 0 Å². The van der Waals surface area contributed by atoms with Crippen LogP contribution in [0.3, 0.4) is 0 Å². The maximum Gasteiger partial charge on any atom is 0.227 e. The average molecular weight is 228 g/mol. The fourth-order valence-corrected chi connectivity index (χ4v) is 2.05. The molecule has 0 aliphatic carbocycles.